The van der Waals surface area contributed by atoms with Gasteiger partial charge in [-0.1, -0.05) is 13.0 Å². The molecule has 0 aliphatic rings. The van der Waals surface area contributed by atoms with Gasteiger partial charge >= 0.3 is 0 Å². The third-order valence-corrected chi connectivity index (χ3v) is 2.19. The highest BCUT2D eigenvalue weighted by molar-refractivity contribution is 5.77. The zero-order valence-electron chi connectivity index (χ0n) is 9.50. The lowest BCUT2D eigenvalue weighted by Crippen LogP contribution is -2.35. The molecule has 1 aromatic carbocycles. The second kappa shape index (κ2) is 6.10. The zero-order valence-corrected chi connectivity index (χ0v) is 9.50. The summed E-state index contributed by atoms with van der Waals surface area (Å²) in [5.74, 6) is -0.210. The van der Waals surface area contributed by atoms with Crippen molar-refractivity contribution in [3.05, 3.63) is 30.1 Å². The molecule has 0 fully saturated rings. The molecule has 0 saturated carbocycles. The van der Waals surface area contributed by atoms with Gasteiger partial charge in [-0.05, 0) is 25.5 Å². The highest BCUT2D eigenvalue weighted by atomic mass is 19.1. The Balaban J connectivity index is 2.37. The predicted molar refractivity (Wildman–Crippen MR) is 59.8 cm³/mol. The topological polar surface area (TPSA) is 38.3 Å². The molecule has 1 amide bonds. The normalized spacial score (nSPS) is 11.9. The molecule has 0 saturated heterocycles. The van der Waals surface area contributed by atoms with Crippen LogP contribution in [0.5, 0.6) is 5.75 Å². The van der Waals surface area contributed by atoms with Crippen molar-refractivity contribution in [2.24, 2.45) is 0 Å². The van der Waals surface area contributed by atoms with Crippen molar-refractivity contribution in [3.63, 3.8) is 0 Å². The minimum atomic E-state index is -0.375. The van der Waals surface area contributed by atoms with Crippen LogP contribution in [0, 0.1) is 5.82 Å². The SMILES string of the molecule is CCC(C)NC(=O)COc1cccc(F)c1. The first-order chi connectivity index (χ1) is 7.61. The molecule has 0 radical (unpaired) electrons. The van der Waals surface area contributed by atoms with Crippen LogP contribution >= 0.6 is 0 Å². The second-order valence-electron chi connectivity index (χ2n) is 3.62. The van der Waals surface area contributed by atoms with Crippen LogP contribution in [0.15, 0.2) is 24.3 Å². The van der Waals surface area contributed by atoms with Gasteiger partial charge in [0.05, 0.1) is 0 Å². The van der Waals surface area contributed by atoms with Crippen LogP contribution in [0.4, 0.5) is 4.39 Å². The predicted octanol–water partition coefficient (Wildman–Crippen LogP) is 2.12. The average Bonchev–Trinajstić information content (AvgIpc) is 2.26. The molecule has 0 aromatic heterocycles. The molecule has 1 unspecified atom stereocenters. The van der Waals surface area contributed by atoms with Crippen molar-refractivity contribution in [2.45, 2.75) is 26.3 Å². The van der Waals surface area contributed by atoms with Crippen molar-refractivity contribution in [3.8, 4) is 5.75 Å². The molecule has 1 aromatic rings. The molecule has 0 bridgehead atoms. The summed E-state index contributed by atoms with van der Waals surface area (Å²) in [6.45, 7) is 3.81. The van der Waals surface area contributed by atoms with E-state index in [9.17, 15) is 9.18 Å². The molecule has 3 nitrogen and oxygen atoms in total. The van der Waals surface area contributed by atoms with E-state index < -0.39 is 0 Å². The van der Waals surface area contributed by atoms with Gasteiger partial charge in [-0.2, -0.15) is 0 Å². The Bertz CT molecular complexity index is 355. The Morgan fingerprint density at radius 3 is 2.94 bits per heavy atom. The molecule has 0 heterocycles. The van der Waals surface area contributed by atoms with Crippen LogP contribution in [-0.2, 0) is 4.79 Å². The molecule has 0 spiro atoms. The lowest BCUT2D eigenvalue weighted by atomic mass is 10.2. The summed E-state index contributed by atoms with van der Waals surface area (Å²) in [5, 5.41) is 2.76. The van der Waals surface area contributed by atoms with Gasteiger partial charge in [-0.15, -0.1) is 0 Å². The number of benzene rings is 1. The van der Waals surface area contributed by atoms with E-state index in [4.69, 9.17) is 4.74 Å². The second-order valence-corrected chi connectivity index (χ2v) is 3.62. The third-order valence-electron chi connectivity index (χ3n) is 2.19. The lowest BCUT2D eigenvalue weighted by Gasteiger charge is -2.11. The molecule has 16 heavy (non-hydrogen) atoms. The fraction of sp³-hybridized carbons (Fsp3) is 0.417. The summed E-state index contributed by atoms with van der Waals surface area (Å²) < 4.78 is 17.9. The quantitative estimate of drug-likeness (QED) is 0.833. The van der Waals surface area contributed by atoms with Gasteiger partial charge < -0.3 is 10.1 Å². The Kier molecular flexibility index (Phi) is 4.76. The number of ether oxygens (including phenoxy) is 1. The zero-order chi connectivity index (χ0) is 12.0. The molecule has 1 atom stereocenters. The van der Waals surface area contributed by atoms with Gasteiger partial charge in [-0.25, -0.2) is 4.39 Å². The molecule has 1 rings (SSSR count). The maximum atomic E-state index is 12.8. The molecule has 4 heteroatoms. The number of hydrogen-bond acceptors (Lipinski definition) is 2. The monoisotopic (exact) mass is 225 g/mol. The van der Waals surface area contributed by atoms with E-state index in [-0.39, 0.29) is 24.4 Å². The first-order valence-corrected chi connectivity index (χ1v) is 5.29. The Morgan fingerprint density at radius 1 is 1.56 bits per heavy atom. The number of halogens is 1. The van der Waals surface area contributed by atoms with Gasteiger partial charge in [0.25, 0.3) is 5.91 Å². The van der Waals surface area contributed by atoms with Crippen molar-refractivity contribution in [2.75, 3.05) is 6.61 Å². The number of carbonyl (C=O) groups is 1. The van der Waals surface area contributed by atoms with Crippen LogP contribution < -0.4 is 10.1 Å². The van der Waals surface area contributed by atoms with Crippen molar-refractivity contribution < 1.29 is 13.9 Å². The van der Waals surface area contributed by atoms with Gasteiger partial charge in [0.2, 0.25) is 0 Å². The van der Waals surface area contributed by atoms with Crippen LogP contribution in [0.1, 0.15) is 20.3 Å². The van der Waals surface area contributed by atoms with E-state index in [2.05, 4.69) is 5.32 Å². The highest BCUT2D eigenvalue weighted by Gasteiger charge is 2.06. The standard InChI is InChI=1S/C12H16FNO2/c1-3-9(2)14-12(15)8-16-11-6-4-5-10(13)7-11/h4-7,9H,3,8H2,1-2H3,(H,14,15). The fourth-order valence-corrected chi connectivity index (χ4v) is 1.12. The highest BCUT2D eigenvalue weighted by Crippen LogP contribution is 2.11. The third kappa shape index (κ3) is 4.29. The van der Waals surface area contributed by atoms with E-state index in [1.54, 1.807) is 6.07 Å². The van der Waals surface area contributed by atoms with Crippen LogP contribution in [0.2, 0.25) is 0 Å². The fourth-order valence-electron chi connectivity index (χ4n) is 1.12. The maximum Gasteiger partial charge on any atom is 0.258 e. The molecule has 1 N–H and O–H groups in total. The van der Waals surface area contributed by atoms with Gasteiger partial charge in [0.1, 0.15) is 11.6 Å². The smallest absolute Gasteiger partial charge is 0.258 e. The number of rotatable bonds is 5. The minimum absolute atomic E-state index is 0.0895. The van der Waals surface area contributed by atoms with E-state index in [1.165, 1.54) is 18.2 Å². The van der Waals surface area contributed by atoms with Crippen molar-refractivity contribution >= 4 is 5.91 Å². The number of hydrogen-bond donors (Lipinski definition) is 1. The van der Waals surface area contributed by atoms with Crippen LogP contribution in [-0.4, -0.2) is 18.6 Å². The summed E-state index contributed by atoms with van der Waals surface area (Å²) in [6.07, 6.45) is 0.867. The Morgan fingerprint density at radius 2 is 2.31 bits per heavy atom. The number of amides is 1. The largest absolute Gasteiger partial charge is 0.484 e. The van der Waals surface area contributed by atoms with E-state index in [0.717, 1.165) is 6.42 Å². The van der Waals surface area contributed by atoms with E-state index in [1.807, 2.05) is 13.8 Å². The van der Waals surface area contributed by atoms with Crippen LogP contribution in [0.25, 0.3) is 0 Å². The molecular weight excluding hydrogens is 209 g/mol. The van der Waals surface area contributed by atoms with E-state index in [0.29, 0.717) is 5.75 Å². The first-order valence-electron chi connectivity index (χ1n) is 5.29. The summed E-state index contributed by atoms with van der Waals surface area (Å²) in [7, 11) is 0. The first kappa shape index (κ1) is 12.5. The summed E-state index contributed by atoms with van der Waals surface area (Å²) in [4.78, 5) is 11.3. The summed E-state index contributed by atoms with van der Waals surface area (Å²) in [5.41, 5.74) is 0. The molecular formula is C12H16FNO2. The average molecular weight is 225 g/mol. The number of carbonyl (C=O) groups excluding carboxylic acids is 1. The molecule has 0 aliphatic heterocycles. The van der Waals surface area contributed by atoms with Gasteiger partial charge in [-0.3, -0.25) is 4.79 Å². The number of nitrogens with one attached hydrogen (secondary N) is 1. The molecule has 88 valence electrons. The van der Waals surface area contributed by atoms with Gasteiger partial charge in [0, 0.05) is 12.1 Å². The minimum Gasteiger partial charge on any atom is -0.484 e. The summed E-state index contributed by atoms with van der Waals surface area (Å²) in [6, 6.07) is 5.85. The lowest BCUT2D eigenvalue weighted by molar-refractivity contribution is -0.123. The van der Waals surface area contributed by atoms with Crippen molar-refractivity contribution in [1.29, 1.82) is 0 Å². The summed E-state index contributed by atoms with van der Waals surface area (Å²) >= 11 is 0. The van der Waals surface area contributed by atoms with Crippen LogP contribution in [0.3, 0.4) is 0 Å². The maximum absolute atomic E-state index is 12.8. The Labute approximate surface area is 94.6 Å². The molecule has 0 aliphatic carbocycles. The van der Waals surface area contributed by atoms with Gasteiger partial charge in [0.15, 0.2) is 6.61 Å². The Hall–Kier alpha value is -1.58. The van der Waals surface area contributed by atoms with Crippen molar-refractivity contribution in [1.82, 2.24) is 5.32 Å². The van der Waals surface area contributed by atoms with E-state index >= 15 is 0 Å².